The maximum Gasteiger partial charge on any atom is 0.0947 e. The SMILES string of the molecule is CCOC(C)C(Cc1nc(C)c(C)s1)NC. The van der Waals surface area contributed by atoms with E-state index < -0.39 is 0 Å². The second kappa shape index (κ2) is 6.33. The molecule has 2 unspecified atom stereocenters. The van der Waals surface area contributed by atoms with Crippen molar-refractivity contribution >= 4 is 11.3 Å². The summed E-state index contributed by atoms with van der Waals surface area (Å²) in [6.45, 7) is 9.08. The molecule has 1 N–H and O–H groups in total. The lowest BCUT2D eigenvalue weighted by Crippen LogP contribution is -2.39. The van der Waals surface area contributed by atoms with Gasteiger partial charge in [0.15, 0.2) is 0 Å². The highest BCUT2D eigenvalue weighted by Crippen LogP contribution is 2.18. The molecule has 1 rings (SSSR count). The number of rotatable bonds is 6. The van der Waals surface area contributed by atoms with E-state index in [2.05, 4.69) is 31.1 Å². The fourth-order valence-corrected chi connectivity index (χ4v) is 2.69. The zero-order valence-corrected chi connectivity index (χ0v) is 11.6. The summed E-state index contributed by atoms with van der Waals surface area (Å²) in [4.78, 5) is 5.88. The molecule has 0 saturated heterocycles. The van der Waals surface area contributed by atoms with Crippen molar-refractivity contribution in [3.63, 3.8) is 0 Å². The Bertz CT molecular complexity index is 305. The van der Waals surface area contributed by atoms with Gasteiger partial charge < -0.3 is 10.1 Å². The van der Waals surface area contributed by atoms with E-state index >= 15 is 0 Å². The Morgan fingerprint density at radius 1 is 1.44 bits per heavy atom. The van der Waals surface area contributed by atoms with E-state index in [1.807, 2.05) is 14.0 Å². The molecule has 0 aliphatic rings. The molecule has 2 atom stereocenters. The first kappa shape index (κ1) is 13.6. The van der Waals surface area contributed by atoms with Crippen LogP contribution < -0.4 is 5.32 Å². The maximum atomic E-state index is 5.62. The molecule has 1 heterocycles. The summed E-state index contributed by atoms with van der Waals surface area (Å²) < 4.78 is 5.62. The van der Waals surface area contributed by atoms with Gasteiger partial charge in [0.05, 0.1) is 16.8 Å². The largest absolute Gasteiger partial charge is 0.377 e. The highest BCUT2D eigenvalue weighted by atomic mass is 32.1. The Kier molecular flexibility index (Phi) is 5.38. The minimum absolute atomic E-state index is 0.222. The summed E-state index contributed by atoms with van der Waals surface area (Å²) in [6.07, 6.45) is 1.16. The number of nitrogens with zero attached hydrogens (tertiary/aromatic N) is 1. The number of hydrogen-bond acceptors (Lipinski definition) is 4. The molecule has 1 aromatic rings. The second-order valence-electron chi connectivity index (χ2n) is 4.01. The molecule has 0 aliphatic heterocycles. The van der Waals surface area contributed by atoms with E-state index in [1.165, 1.54) is 9.88 Å². The van der Waals surface area contributed by atoms with Crippen LogP contribution in [-0.4, -0.2) is 30.8 Å². The van der Waals surface area contributed by atoms with E-state index in [-0.39, 0.29) is 6.10 Å². The minimum atomic E-state index is 0.222. The first-order valence-corrected chi connectivity index (χ1v) is 6.61. The molecule has 0 aliphatic carbocycles. The van der Waals surface area contributed by atoms with Gasteiger partial charge in [-0.2, -0.15) is 0 Å². The predicted molar refractivity (Wildman–Crippen MR) is 69.2 cm³/mol. The summed E-state index contributed by atoms with van der Waals surface area (Å²) in [5, 5.41) is 4.50. The fraction of sp³-hybridized carbons (Fsp3) is 0.750. The lowest BCUT2D eigenvalue weighted by atomic mass is 10.1. The molecule has 92 valence electrons. The quantitative estimate of drug-likeness (QED) is 0.831. The summed E-state index contributed by atoms with van der Waals surface area (Å²) in [7, 11) is 1.98. The van der Waals surface area contributed by atoms with Crippen LogP contribution in [0, 0.1) is 13.8 Å². The topological polar surface area (TPSA) is 34.1 Å². The lowest BCUT2D eigenvalue weighted by molar-refractivity contribution is 0.0496. The van der Waals surface area contributed by atoms with Crippen LogP contribution in [0.4, 0.5) is 0 Å². The van der Waals surface area contributed by atoms with Crippen molar-refractivity contribution in [2.24, 2.45) is 0 Å². The van der Waals surface area contributed by atoms with Crippen molar-refractivity contribution in [3.05, 3.63) is 15.6 Å². The third kappa shape index (κ3) is 3.54. The van der Waals surface area contributed by atoms with Crippen LogP contribution in [0.15, 0.2) is 0 Å². The third-order valence-electron chi connectivity index (χ3n) is 2.83. The summed E-state index contributed by atoms with van der Waals surface area (Å²) >= 11 is 1.79. The summed E-state index contributed by atoms with van der Waals surface area (Å²) in [5.74, 6) is 0. The lowest BCUT2D eigenvalue weighted by Gasteiger charge is -2.22. The van der Waals surface area contributed by atoms with E-state index in [9.17, 15) is 0 Å². The van der Waals surface area contributed by atoms with Crippen LogP contribution in [0.25, 0.3) is 0 Å². The number of nitrogens with one attached hydrogen (secondary N) is 1. The molecule has 0 bridgehead atoms. The number of aryl methyl sites for hydroxylation is 2. The number of ether oxygens (including phenoxy) is 1. The highest BCUT2D eigenvalue weighted by molar-refractivity contribution is 7.11. The molecule has 0 fully saturated rings. The van der Waals surface area contributed by atoms with Gasteiger partial charge in [0.2, 0.25) is 0 Å². The number of aromatic nitrogens is 1. The normalized spacial score (nSPS) is 15.1. The van der Waals surface area contributed by atoms with Gasteiger partial charge in [0.1, 0.15) is 0 Å². The molecule has 0 saturated carbocycles. The van der Waals surface area contributed by atoms with Gasteiger partial charge in [-0.3, -0.25) is 0 Å². The Labute approximate surface area is 102 Å². The first-order chi connectivity index (χ1) is 7.58. The van der Waals surface area contributed by atoms with Crippen molar-refractivity contribution in [1.29, 1.82) is 0 Å². The molecule has 0 amide bonds. The molecule has 1 aromatic heterocycles. The van der Waals surface area contributed by atoms with Crippen molar-refractivity contribution in [2.75, 3.05) is 13.7 Å². The van der Waals surface area contributed by atoms with E-state index in [1.54, 1.807) is 11.3 Å². The molecular formula is C12H22N2OS. The van der Waals surface area contributed by atoms with Crippen LogP contribution >= 0.6 is 11.3 Å². The van der Waals surface area contributed by atoms with Crippen molar-refractivity contribution in [3.8, 4) is 0 Å². The molecule has 0 aromatic carbocycles. The Morgan fingerprint density at radius 2 is 2.12 bits per heavy atom. The van der Waals surface area contributed by atoms with Gasteiger partial charge in [-0.05, 0) is 34.7 Å². The van der Waals surface area contributed by atoms with Crippen molar-refractivity contribution in [2.45, 2.75) is 46.3 Å². The average Bonchev–Trinajstić information content (AvgIpc) is 2.55. The monoisotopic (exact) mass is 242 g/mol. The Balaban J connectivity index is 2.62. The van der Waals surface area contributed by atoms with Gasteiger partial charge in [-0.15, -0.1) is 11.3 Å². The molecule has 3 nitrogen and oxygen atoms in total. The molecule has 0 radical (unpaired) electrons. The van der Waals surface area contributed by atoms with Crippen molar-refractivity contribution < 1.29 is 4.74 Å². The van der Waals surface area contributed by atoms with Crippen LogP contribution in [-0.2, 0) is 11.2 Å². The summed E-state index contributed by atoms with van der Waals surface area (Å²) in [6, 6.07) is 0.338. The zero-order chi connectivity index (χ0) is 12.1. The Morgan fingerprint density at radius 3 is 2.56 bits per heavy atom. The molecule has 4 heteroatoms. The number of hydrogen-bond donors (Lipinski definition) is 1. The molecule has 0 spiro atoms. The zero-order valence-electron chi connectivity index (χ0n) is 10.8. The Hall–Kier alpha value is -0.450. The van der Waals surface area contributed by atoms with E-state index in [0.717, 1.165) is 18.7 Å². The van der Waals surface area contributed by atoms with Gasteiger partial charge in [0.25, 0.3) is 0 Å². The standard InChI is InChI=1S/C12H22N2OS/c1-6-15-9(3)11(13-5)7-12-14-8(2)10(4)16-12/h9,11,13H,6-7H2,1-5H3. The maximum absolute atomic E-state index is 5.62. The fourth-order valence-electron chi connectivity index (χ4n) is 1.70. The van der Waals surface area contributed by atoms with Gasteiger partial charge >= 0.3 is 0 Å². The minimum Gasteiger partial charge on any atom is -0.377 e. The molecule has 16 heavy (non-hydrogen) atoms. The second-order valence-corrected chi connectivity index (χ2v) is 5.30. The van der Waals surface area contributed by atoms with Crippen LogP contribution in [0.2, 0.25) is 0 Å². The van der Waals surface area contributed by atoms with E-state index in [4.69, 9.17) is 4.74 Å². The number of likely N-dealkylation sites (N-methyl/N-ethyl adjacent to an activating group) is 1. The van der Waals surface area contributed by atoms with Gasteiger partial charge in [-0.25, -0.2) is 4.98 Å². The van der Waals surface area contributed by atoms with Crippen LogP contribution in [0.1, 0.15) is 29.4 Å². The summed E-state index contributed by atoms with van der Waals surface area (Å²) in [5.41, 5.74) is 1.15. The van der Waals surface area contributed by atoms with Crippen LogP contribution in [0.5, 0.6) is 0 Å². The third-order valence-corrected chi connectivity index (χ3v) is 3.93. The number of thiazole rings is 1. The smallest absolute Gasteiger partial charge is 0.0947 e. The molecular weight excluding hydrogens is 220 g/mol. The van der Waals surface area contributed by atoms with E-state index in [0.29, 0.717) is 6.04 Å². The highest BCUT2D eigenvalue weighted by Gasteiger charge is 2.18. The average molecular weight is 242 g/mol. The van der Waals surface area contributed by atoms with Crippen molar-refractivity contribution in [1.82, 2.24) is 10.3 Å². The van der Waals surface area contributed by atoms with Gasteiger partial charge in [-0.1, -0.05) is 0 Å². The van der Waals surface area contributed by atoms with Crippen LogP contribution in [0.3, 0.4) is 0 Å². The first-order valence-electron chi connectivity index (χ1n) is 5.80. The predicted octanol–water partition coefficient (Wildman–Crippen LogP) is 2.32. The van der Waals surface area contributed by atoms with Gasteiger partial charge in [0, 0.05) is 23.9 Å².